The van der Waals surface area contributed by atoms with E-state index >= 15 is 0 Å². The molecule has 6 heteroatoms. The molecular formula is C10H20N2O4. The van der Waals surface area contributed by atoms with E-state index in [1.54, 1.807) is 27.7 Å². The minimum atomic E-state index is -0.995. The summed E-state index contributed by atoms with van der Waals surface area (Å²) >= 11 is 0. The SMILES string of the molecule is C[C@H](NC(=O)OC(C)(C)C)[C@H](N)CC(=O)O. The average Bonchev–Trinajstić information content (AvgIpc) is 1.98. The van der Waals surface area contributed by atoms with E-state index in [4.69, 9.17) is 15.6 Å². The van der Waals surface area contributed by atoms with E-state index in [9.17, 15) is 9.59 Å². The zero-order chi connectivity index (χ0) is 12.9. The number of aliphatic carboxylic acids is 1. The van der Waals surface area contributed by atoms with Crippen LogP contribution in [-0.2, 0) is 9.53 Å². The van der Waals surface area contributed by atoms with Gasteiger partial charge in [-0.2, -0.15) is 0 Å². The Balaban J connectivity index is 4.09. The fraction of sp³-hybridized carbons (Fsp3) is 0.800. The maximum absolute atomic E-state index is 11.3. The normalized spacial score (nSPS) is 15.1. The smallest absolute Gasteiger partial charge is 0.407 e. The number of carboxylic acid groups (broad SMARTS) is 1. The Kier molecular flexibility index (Phi) is 5.23. The lowest BCUT2D eigenvalue weighted by atomic mass is 10.1. The van der Waals surface area contributed by atoms with Crippen LogP contribution < -0.4 is 11.1 Å². The van der Waals surface area contributed by atoms with E-state index in [0.29, 0.717) is 0 Å². The van der Waals surface area contributed by atoms with Gasteiger partial charge in [0.2, 0.25) is 0 Å². The first-order chi connectivity index (χ1) is 7.11. The highest BCUT2D eigenvalue weighted by Gasteiger charge is 2.21. The lowest BCUT2D eigenvalue weighted by Gasteiger charge is -2.24. The van der Waals surface area contributed by atoms with Crippen LogP contribution >= 0.6 is 0 Å². The second-order valence-corrected chi connectivity index (χ2v) is 4.70. The number of alkyl carbamates (subject to hydrolysis) is 1. The van der Waals surface area contributed by atoms with Gasteiger partial charge < -0.3 is 20.9 Å². The first-order valence-corrected chi connectivity index (χ1v) is 5.08. The molecule has 0 radical (unpaired) electrons. The minimum absolute atomic E-state index is 0.197. The predicted octanol–water partition coefficient (Wildman–Crippen LogP) is 0.702. The summed E-state index contributed by atoms with van der Waals surface area (Å²) in [6.07, 6.45) is -0.794. The number of nitrogens with two attached hydrogens (primary N) is 1. The number of hydrogen-bond donors (Lipinski definition) is 3. The summed E-state index contributed by atoms with van der Waals surface area (Å²) in [7, 11) is 0. The number of nitrogens with one attached hydrogen (secondary N) is 1. The molecule has 4 N–H and O–H groups in total. The number of carbonyl (C=O) groups is 2. The van der Waals surface area contributed by atoms with Crippen LogP contribution in [0.3, 0.4) is 0 Å². The molecule has 0 spiro atoms. The Morgan fingerprint density at radius 1 is 1.44 bits per heavy atom. The van der Waals surface area contributed by atoms with Crippen molar-refractivity contribution in [2.75, 3.05) is 0 Å². The molecule has 0 saturated heterocycles. The van der Waals surface area contributed by atoms with E-state index in [2.05, 4.69) is 5.32 Å². The summed E-state index contributed by atoms with van der Waals surface area (Å²) < 4.78 is 5.01. The van der Waals surface area contributed by atoms with Gasteiger partial charge in [-0.25, -0.2) is 4.79 Å². The lowest BCUT2D eigenvalue weighted by Crippen LogP contribution is -2.48. The maximum atomic E-state index is 11.3. The van der Waals surface area contributed by atoms with Gasteiger partial charge in [-0.3, -0.25) is 4.79 Å². The van der Waals surface area contributed by atoms with Crippen LogP contribution in [0, 0.1) is 0 Å². The number of rotatable bonds is 4. The third-order valence-electron chi connectivity index (χ3n) is 1.80. The van der Waals surface area contributed by atoms with Crippen molar-refractivity contribution in [3.8, 4) is 0 Å². The van der Waals surface area contributed by atoms with Gasteiger partial charge >= 0.3 is 12.1 Å². The zero-order valence-electron chi connectivity index (χ0n) is 10.1. The van der Waals surface area contributed by atoms with Crippen molar-refractivity contribution in [1.29, 1.82) is 0 Å². The predicted molar refractivity (Wildman–Crippen MR) is 59.1 cm³/mol. The molecule has 0 aromatic heterocycles. The van der Waals surface area contributed by atoms with Crippen molar-refractivity contribution in [2.24, 2.45) is 5.73 Å². The van der Waals surface area contributed by atoms with E-state index < -0.39 is 29.7 Å². The summed E-state index contributed by atoms with van der Waals surface area (Å²) in [5, 5.41) is 11.0. The van der Waals surface area contributed by atoms with Crippen molar-refractivity contribution >= 4 is 12.1 Å². The lowest BCUT2D eigenvalue weighted by molar-refractivity contribution is -0.137. The van der Waals surface area contributed by atoms with E-state index in [-0.39, 0.29) is 6.42 Å². The molecule has 0 aliphatic heterocycles. The van der Waals surface area contributed by atoms with Gasteiger partial charge in [0.25, 0.3) is 0 Å². The van der Waals surface area contributed by atoms with Crippen LogP contribution in [0.2, 0.25) is 0 Å². The fourth-order valence-electron chi connectivity index (χ4n) is 0.979. The van der Waals surface area contributed by atoms with Gasteiger partial charge in [-0.1, -0.05) is 0 Å². The average molecular weight is 232 g/mol. The van der Waals surface area contributed by atoms with Gasteiger partial charge in [0, 0.05) is 12.1 Å². The zero-order valence-corrected chi connectivity index (χ0v) is 10.1. The molecule has 0 heterocycles. The summed E-state index contributed by atoms with van der Waals surface area (Å²) in [6, 6.07) is -1.09. The van der Waals surface area contributed by atoms with E-state index in [1.807, 2.05) is 0 Å². The van der Waals surface area contributed by atoms with Crippen LogP contribution in [0.1, 0.15) is 34.1 Å². The molecule has 0 bridgehead atoms. The largest absolute Gasteiger partial charge is 0.481 e. The Morgan fingerprint density at radius 2 is 1.94 bits per heavy atom. The van der Waals surface area contributed by atoms with E-state index in [0.717, 1.165) is 0 Å². The van der Waals surface area contributed by atoms with Crippen LogP contribution in [0.5, 0.6) is 0 Å². The number of carbonyl (C=O) groups excluding carboxylic acids is 1. The molecule has 0 aliphatic carbocycles. The molecule has 0 aliphatic rings. The van der Waals surface area contributed by atoms with Crippen LogP contribution in [-0.4, -0.2) is 34.9 Å². The molecule has 0 fully saturated rings. The molecule has 2 atom stereocenters. The van der Waals surface area contributed by atoms with Gasteiger partial charge in [-0.05, 0) is 27.7 Å². The molecule has 94 valence electrons. The molecule has 1 amide bonds. The Morgan fingerprint density at radius 3 is 2.31 bits per heavy atom. The minimum Gasteiger partial charge on any atom is -0.481 e. The van der Waals surface area contributed by atoms with E-state index in [1.165, 1.54) is 0 Å². The van der Waals surface area contributed by atoms with Crippen molar-refractivity contribution < 1.29 is 19.4 Å². The summed E-state index contributed by atoms with van der Waals surface area (Å²) in [4.78, 5) is 21.7. The highest BCUT2D eigenvalue weighted by Crippen LogP contribution is 2.07. The van der Waals surface area contributed by atoms with Gasteiger partial charge in [0.15, 0.2) is 0 Å². The Labute approximate surface area is 95.1 Å². The van der Waals surface area contributed by atoms with Gasteiger partial charge in [0.1, 0.15) is 5.60 Å². The number of amides is 1. The number of hydrogen-bond acceptors (Lipinski definition) is 4. The topological polar surface area (TPSA) is 102 Å². The molecular weight excluding hydrogens is 212 g/mol. The second-order valence-electron chi connectivity index (χ2n) is 4.70. The number of carboxylic acids is 1. The third kappa shape index (κ3) is 7.05. The monoisotopic (exact) mass is 232 g/mol. The van der Waals surface area contributed by atoms with Crippen molar-refractivity contribution in [2.45, 2.75) is 51.8 Å². The molecule has 16 heavy (non-hydrogen) atoms. The van der Waals surface area contributed by atoms with Crippen LogP contribution in [0.15, 0.2) is 0 Å². The fourth-order valence-corrected chi connectivity index (χ4v) is 0.979. The molecule has 0 rings (SSSR count). The molecule has 0 aromatic carbocycles. The first-order valence-electron chi connectivity index (χ1n) is 5.08. The summed E-state index contributed by atoms with van der Waals surface area (Å²) in [5.41, 5.74) is 5.00. The molecule has 0 aromatic rings. The first kappa shape index (κ1) is 14.7. The number of ether oxygens (including phenoxy) is 1. The van der Waals surface area contributed by atoms with Crippen LogP contribution in [0.4, 0.5) is 4.79 Å². The maximum Gasteiger partial charge on any atom is 0.407 e. The standard InChI is InChI=1S/C10H20N2O4/c1-6(7(11)5-8(13)14)12-9(15)16-10(2,3)4/h6-7H,5,11H2,1-4H3,(H,12,15)(H,13,14)/t6-,7+/m0/s1. The third-order valence-corrected chi connectivity index (χ3v) is 1.80. The highest BCUT2D eigenvalue weighted by molar-refractivity contribution is 5.69. The van der Waals surface area contributed by atoms with Crippen LogP contribution in [0.25, 0.3) is 0 Å². The van der Waals surface area contributed by atoms with Gasteiger partial charge in [-0.15, -0.1) is 0 Å². The quantitative estimate of drug-likeness (QED) is 0.662. The molecule has 0 unspecified atom stereocenters. The molecule has 0 saturated carbocycles. The second kappa shape index (κ2) is 5.69. The van der Waals surface area contributed by atoms with Gasteiger partial charge in [0.05, 0.1) is 6.42 Å². The van der Waals surface area contributed by atoms with Crippen molar-refractivity contribution in [3.05, 3.63) is 0 Å². The van der Waals surface area contributed by atoms with Crippen molar-refractivity contribution in [1.82, 2.24) is 5.32 Å². The summed E-state index contributed by atoms with van der Waals surface area (Å²) in [6.45, 7) is 6.87. The molecule has 6 nitrogen and oxygen atoms in total. The highest BCUT2D eigenvalue weighted by atomic mass is 16.6. The summed E-state index contributed by atoms with van der Waals surface area (Å²) in [5.74, 6) is -0.995. The van der Waals surface area contributed by atoms with Crippen molar-refractivity contribution in [3.63, 3.8) is 0 Å². The Bertz CT molecular complexity index is 260. The Hall–Kier alpha value is -1.30.